The molecule has 1 fully saturated rings. The van der Waals surface area contributed by atoms with Gasteiger partial charge in [0, 0.05) is 24.2 Å². The van der Waals surface area contributed by atoms with E-state index in [0.717, 1.165) is 17.9 Å². The number of ether oxygens (including phenoxy) is 1. The second-order valence-electron chi connectivity index (χ2n) is 4.41. The van der Waals surface area contributed by atoms with E-state index in [9.17, 15) is 4.39 Å². The van der Waals surface area contributed by atoms with Crippen molar-refractivity contribution in [2.24, 2.45) is 0 Å². The van der Waals surface area contributed by atoms with Crippen LogP contribution in [0, 0.1) is 5.82 Å². The maximum atomic E-state index is 13.3. The Morgan fingerprint density at radius 2 is 2.24 bits per heavy atom. The van der Waals surface area contributed by atoms with E-state index in [4.69, 9.17) is 4.74 Å². The highest BCUT2D eigenvalue weighted by atomic mass is 19.1. The first-order valence-corrected chi connectivity index (χ1v) is 5.98. The first-order valence-electron chi connectivity index (χ1n) is 5.98. The van der Waals surface area contributed by atoms with Gasteiger partial charge in [0.25, 0.3) is 0 Å². The van der Waals surface area contributed by atoms with Gasteiger partial charge in [-0.3, -0.25) is 0 Å². The lowest BCUT2D eigenvalue weighted by atomic mass is 10.1. The van der Waals surface area contributed by atoms with Gasteiger partial charge in [-0.25, -0.2) is 4.39 Å². The molecule has 1 saturated carbocycles. The molecule has 1 aliphatic carbocycles. The fourth-order valence-corrected chi connectivity index (χ4v) is 1.92. The molecule has 0 aromatic heterocycles. The predicted octanol–water partition coefficient (Wildman–Crippen LogP) is 1.85. The van der Waals surface area contributed by atoms with Crippen LogP contribution >= 0.6 is 0 Å². The standard InChI is InChI=1S/C13H19FN2O/c1-15-12(8-16-10-4-5-10)11-7-9(14)3-6-13(11)17-2/h3,6-7,10,12,15-16H,4-5,8H2,1-2H3. The summed E-state index contributed by atoms with van der Waals surface area (Å²) in [6.45, 7) is 0.793. The van der Waals surface area contributed by atoms with E-state index in [1.807, 2.05) is 7.05 Å². The van der Waals surface area contributed by atoms with Crippen LogP contribution in [0.25, 0.3) is 0 Å². The van der Waals surface area contributed by atoms with E-state index in [0.29, 0.717) is 6.04 Å². The van der Waals surface area contributed by atoms with Gasteiger partial charge in [0.1, 0.15) is 11.6 Å². The fraction of sp³-hybridized carbons (Fsp3) is 0.538. The summed E-state index contributed by atoms with van der Waals surface area (Å²) >= 11 is 0. The Bertz CT molecular complexity index is 380. The summed E-state index contributed by atoms with van der Waals surface area (Å²) < 4.78 is 18.6. The van der Waals surface area contributed by atoms with Crippen LogP contribution in [0.2, 0.25) is 0 Å². The van der Waals surface area contributed by atoms with Crippen LogP contribution in [0.3, 0.4) is 0 Å². The van der Waals surface area contributed by atoms with E-state index in [-0.39, 0.29) is 11.9 Å². The van der Waals surface area contributed by atoms with Crippen LogP contribution in [-0.2, 0) is 0 Å². The zero-order valence-corrected chi connectivity index (χ0v) is 10.3. The van der Waals surface area contributed by atoms with Gasteiger partial charge >= 0.3 is 0 Å². The summed E-state index contributed by atoms with van der Waals surface area (Å²) in [5, 5.41) is 6.63. The summed E-state index contributed by atoms with van der Waals surface area (Å²) in [6, 6.07) is 5.34. The third-order valence-electron chi connectivity index (χ3n) is 3.10. The molecular formula is C13H19FN2O. The number of methoxy groups -OCH3 is 1. The number of nitrogens with one attached hydrogen (secondary N) is 2. The largest absolute Gasteiger partial charge is 0.496 e. The van der Waals surface area contributed by atoms with E-state index in [1.165, 1.54) is 25.0 Å². The second-order valence-corrected chi connectivity index (χ2v) is 4.41. The van der Waals surface area contributed by atoms with Crippen molar-refractivity contribution < 1.29 is 9.13 Å². The lowest BCUT2D eigenvalue weighted by Crippen LogP contribution is -2.31. The molecule has 0 aliphatic heterocycles. The molecule has 4 heteroatoms. The van der Waals surface area contributed by atoms with Gasteiger partial charge < -0.3 is 15.4 Å². The zero-order valence-electron chi connectivity index (χ0n) is 10.3. The van der Waals surface area contributed by atoms with Crippen LogP contribution in [0.15, 0.2) is 18.2 Å². The Morgan fingerprint density at radius 1 is 1.47 bits per heavy atom. The van der Waals surface area contributed by atoms with E-state index in [2.05, 4.69) is 10.6 Å². The number of hydrogen-bond donors (Lipinski definition) is 2. The number of hydrogen-bond acceptors (Lipinski definition) is 3. The van der Waals surface area contributed by atoms with Crippen molar-refractivity contribution in [3.63, 3.8) is 0 Å². The first-order chi connectivity index (χ1) is 8.24. The van der Waals surface area contributed by atoms with Crippen LogP contribution in [-0.4, -0.2) is 26.7 Å². The lowest BCUT2D eigenvalue weighted by molar-refractivity contribution is 0.397. The molecule has 0 amide bonds. The maximum absolute atomic E-state index is 13.3. The monoisotopic (exact) mass is 238 g/mol. The third kappa shape index (κ3) is 3.17. The van der Waals surface area contributed by atoms with E-state index >= 15 is 0 Å². The van der Waals surface area contributed by atoms with Crippen molar-refractivity contribution in [3.8, 4) is 5.75 Å². The van der Waals surface area contributed by atoms with E-state index in [1.54, 1.807) is 13.2 Å². The van der Waals surface area contributed by atoms with Crippen molar-refractivity contribution in [1.82, 2.24) is 10.6 Å². The summed E-state index contributed by atoms with van der Waals surface area (Å²) in [6.07, 6.45) is 2.49. The highest BCUT2D eigenvalue weighted by Gasteiger charge is 2.23. The Balaban J connectivity index is 2.12. The molecule has 0 spiro atoms. The minimum atomic E-state index is -0.229. The minimum absolute atomic E-state index is 0.0706. The van der Waals surface area contributed by atoms with E-state index < -0.39 is 0 Å². The smallest absolute Gasteiger partial charge is 0.123 e. The molecule has 1 aliphatic rings. The molecule has 94 valence electrons. The van der Waals surface area contributed by atoms with Crippen molar-refractivity contribution in [2.45, 2.75) is 24.9 Å². The van der Waals surface area contributed by atoms with Crippen molar-refractivity contribution >= 4 is 0 Å². The molecule has 1 atom stereocenters. The maximum Gasteiger partial charge on any atom is 0.123 e. The Kier molecular flexibility index (Phi) is 3.97. The van der Waals surface area contributed by atoms with Crippen LogP contribution in [0.1, 0.15) is 24.4 Å². The molecule has 2 rings (SSSR count). The fourth-order valence-electron chi connectivity index (χ4n) is 1.92. The summed E-state index contributed by atoms with van der Waals surface area (Å²) in [5.74, 6) is 0.496. The number of benzene rings is 1. The number of likely N-dealkylation sites (N-methyl/N-ethyl adjacent to an activating group) is 1. The Labute approximate surface area is 101 Å². The zero-order chi connectivity index (χ0) is 12.3. The molecule has 1 aromatic rings. The van der Waals surface area contributed by atoms with Crippen LogP contribution in [0.4, 0.5) is 4.39 Å². The summed E-state index contributed by atoms with van der Waals surface area (Å²) in [4.78, 5) is 0. The van der Waals surface area contributed by atoms with Gasteiger partial charge in [-0.2, -0.15) is 0 Å². The van der Waals surface area contributed by atoms with Gasteiger partial charge in [0.05, 0.1) is 7.11 Å². The molecule has 1 aromatic carbocycles. The topological polar surface area (TPSA) is 33.3 Å². The predicted molar refractivity (Wildman–Crippen MR) is 65.8 cm³/mol. The van der Waals surface area contributed by atoms with Crippen LogP contribution in [0.5, 0.6) is 5.75 Å². The SMILES string of the molecule is CNC(CNC1CC1)c1cc(F)ccc1OC. The van der Waals surface area contributed by atoms with Crippen LogP contribution < -0.4 is 15.4 Å². The van der Waals surface area contributed by atoms with Crippen molar-refractivity contribution in [2.75, 3.05) is 20.7 Å². The van der Waals surface area contributed by atoms with Gasteiger partial charge in [-0.15, -0.1) is 0 Å². The van der Waals surface area contributed by atoms with Crippen molar-refractivity contribution in [3.05, 3.63) is 29.6 Å². The summed E-state index contributed by atoms with van der Waals surface area (Å²) in [5.41, 5.74) is 0.864. The second kappa shape index (κ2) is 5.47. The first kappa shape index (κ1) is 12.3. The highest BCUT2D eigenvalue weighted by molar-refractivity contribution is 5.36. The summed E-state index contributed by atoms with van der Waals surface area (Å²) in [7, 11) is 3.49. The Morgan fingerprint density at radius 3 is 2.82 bits per heavy atom. The Hall–Kier alpha value is -1.13. The number of rotatable bonds is 6. The molecule has 0 heterocycles. The van der Waals surface area contributed by atoms with Gasteiger partial charge in [-0.05, 0) is 38.1 Å². The van der Waals surface area contributed by atoms with Gasteiger partial charge in [0.15, 0.2) is 0 Å². The number of halogens is 1. The molecule has 0 bridgehead atoms. The average molecular weight is 238 g/mol. The molecule has 17 heavy (non-hydrogen) atoms. The molecule has 2 N–H and O–H groups in total. The molecular weight excluding hydrogens is 219 g/mol. The van der Waals surface area contributed by atoms with Gasteiger partial charge in [0.2, 0.25) is 0 Å². The average Bonchev–Trinajstić information content (AvgIpc) is 3.14. The third-order valence-corrected chi connectivity index (χ3v) is 3.10. The molecule has 0 radical (unpaired) electrons. The molecule has 1 unspecified atom stereocenters. The quantitative estimate of drug-likeness (QED) is 0.793. The lowest BCUT2D eigenvalue weighted by Gasteiger charge is -2.20. The minimum Gasteiger partial charge on any atom is -0.496 e. The molecule has 0 saturated heterocycles. The normalized spacial score (nSPS) is 16.9. The van der Waals surface area contributed by atoms with Crippen molar-refractivity contribution in [1.29, 1.82) is 0 Å². The highest BCUT2D eigenvalue weighted by Crippen LogP contribution is 2.26. The van der Waals surface area contributed by atoms with Gasteiger partial charge in [-0.1, -0.05) is 0 Å². The molecule has 3 nitrogen and oxygen atoms in total.